The van der Waals surface area contributed by atoms with E-state index in [1.165, 1.54) is 0 Å². The van der Waals surface area contributed by atoms with Crippen LogP contribution in [0, 0.1) is 0 Å². The first-order valence-electron chi connectivity index (χ1n) is 0. The Labute approximate surface area is 81.5 Å². The minimum absolute atomic E-state index is 0. The normalized spacial score (nSPS) is 0. The first-order chi connectivity index (χ1) is 0. The van der Waals surface area contributed by atoms with Crippen LogP contribution in [0.5, 0.6) is 0 Å². The van der Waals surface area contributed by atoms with E-state index in [1.807, 2.05) is 0 Å². The van der Waals surface area contributed by atoms with Gasteiger partial charge in [-0.25, -0.2) is 0 Å². The zero-order valence-electron chi connectivity index (χ0n) is 1.71. The van der Waals surface area contributed by atoms with Crippen molar-refractivity contribution in [1.29, 1.82) is 0 Å². The van der Waals surface area contributed by atoms with Crippen molar-refractivity contribution < 1.29 is 0 Å². The third-order valence-corrected chi connectivity index (χ3v) is 0. The van der Waals surface area contributed by atoms with Crippen LogP contribution in [0.15, 0.2) is 0 Å². The quantitative estimate of drug-likeness (QED) is 0.353. The van der Waals surface area contributed by atoms with Gasteiger partial charge in [0.15, 0.2) is 0 Å². The van der Waals surface area contributed by atoms with E-state index >= 15 is 0 Å². The molecule has 0 radical (unpaired) electrons. The Kier molecular flexibility index (Phi) is 130. The van der Waals surface area contributed by atoms with Crippen LogP contribution in [0.4, 0.5) is 0 Å². The molecule has 0 heterocycles. The van der Waals surface area contributed by atoms with Gasteiger partial charge in [0.05, 0.1) is 0 Å². The van der Waals surface area contributed by atoms with E-state index in [4.69, 9.17) is 0 Å². The fraction of sp³-hybridized carbons (Fsp3) is 0. The van der Waals surface area contributed by atoms with E-state index in [0.717, 1.165) is 0 Å². The molecule has 0 aliphatic carbocycles. The molecular weight excluding hydrogens is 401 g/mol. The average molecular weight is 412 g/mol. The van der Waals surface area contributed by atoms with Crippen molar-refractivity contribution in [3.8, 4) is 0 Å². The van der Waals surface area contributed by atoms with Crippen LogP contribution >= 0.6 is 0 Å². The molecule has 0 aromatic carbocycles. The summed E-state index contributed by atoms with van der Waals surface area (Å²) < 4.78 is 0. The SMILES string of the molecule is [GeH4].[SbH3].[SeH2].[TeH2]. The summed E-state index contributed by atoms with van der Waals surface area (Å²) in [7, 11) is 0. The Morgan fingerprint density at radius 1 is 1.00 bits per heavy atom. The van der Waals surface area contributed by atoms with Crippen molar-refractivity contribution in [2.75, 3.05) is 0 Å². The fourth-order valence-electron chi connectivity index (χ4n) is 0. The number of hydrogen-bond donors (Lipinski definition) is 0. The van der Waals surface area contributed by atoms with Gasteiger partial charge < -0.3 is 0 Å². The third kappa shape index (κ3) is 8.82. The third-order valence-electron chi connectivity index (χ3n) is 0. The predicted molar refractivity (Wildman–Crippen MR) is 38.4 cm³/mol. The van der Waals surface area contributed by atoms with Crippen LogP contribution in [0.2, 0.25) is 0 Å². The molecule has 0 atom stereocenters. The second-order valence-corrected chi connectivity index (χ2v) is 0. The topological polar surface area (TPSA) is 0 Å². The van der Waals surface area contributed by atoms with Gasteiger partial charge in [-0.15, -0.1) is 0 Å². The van der Waals surface area contributed by atoms with E-state index in [-0.39, 0.29) is 82.8 Å². The van der Waals surface area contributed by atoms with Crippen molar-refractivity contribution in [2.24, 2.45) is 0 Å². The summed E-state index contributed by atoms with van der Waals surface area (Å²) in [5, 5.41) is 0. The summed E-state index contributed by atoms with van der Waals surface area (Å²) in [5.41, 5.74) is 0. The van der Waals surface area contributed by atoms with Gasteiger partial charge in [0.2, 0.25) is 0 Å². The average Bonchev–Trinajstić information content (AvgIpc) is 0. The summed E-state index contributed by atoms with van der Waals surface area (Å²) in [5.74, 6) is 0. The van der Waals surface area contributed by atoms with Gasteiger partial charge in [0, 0.05) is 0 Å². The van der Waals surface area contributed by atoms with Gasteiger partial charge in [-0.05, 0) is 0 Å². The molecule has 0 aromatic rings. The molecule has 0 saturated heterocycles. The van der Waals surface area contributed by atoms with Gasteiger partial charge >= 0.3 is 82.8 Å². The Hall–Kier alpha value is 2.67. The van der Waals surface area contributed by atoms with Crippen molar-refractivity contribution in [3.05, 3.63) is 0 Å². The summed E-state index contributed by atoms with van der Waals surface area (Å²) in [6, 6.07) is 0. The molecule has 0 amide bonds. The van der Waals surface area contributed by atoms with Crippen LogP contribution in [-0.2, 0) is 0 Å². The van der Waals surface area contributed by atoms with E-state index in [0.29, 0.717) is 0 Å². The maximum absolute atomic E-state index is 0. The van der Waals surface area contributed by atoms with E-state index < -0.39 is 0 Å². The monoisotopic (exact) mass is 416 g/mol. The molecule has 0 rings (SSSR count). The fourth-order valence-corrected chi connectivity index (χ4v) is 0. The van der Waals surface area contributed by atoms with Gasteiger partial charge in [-0.1, -0.05) is 0 Å². The standard InChI is InChI=1S/GeH4.Sb.H2Se.H2Te.3H/h1H4;;2*1H2;;;. The van der Waals surface area contributed by atoms with Crippen molar-refractivity contribution in [3.63, 3.8) is 0 Å². The van der Waals surface area contributed by atoms with Gasteiger partial charge in [-0.3, -0.25) is 0 Å². The molecule has 0 spiro atoms. The summed E-state index contributed by atoms with van der Waals surface area (Å²) >= 11 is 0. The van der Waals surface area contributed by atoms with Gasteiger partial charge in [0.25, 0.3) is 0 Å². The Bertz CT molecular complexity index is 8.00. The minimum atomic E-state index is 0. The van der Waals surface area contributed by atoms with Crippen molar-refractivity contribution >= 4 is 82.8 Å². The second-order valence-electron chi connectivity index (χ2n) is 0. The second kappa shape index (κ2) is 17.3. The van der Waals surface area contributed by atoms with Crippen LogP contribution in [0.25, 0.3) is 0 Å². The van der Waals surface area contributed by atoms with Crippen molar-refractivity contribution in [1.82, 2.24) is 0 Å². The molecule has 0 fully saturated rings. The summed E-state index contributed by atoms with van der Waals surface area (Å²) in [4.78, 5) is 0. The predicted octanol–water partition coefficient (Wildman–Crippen LogP) is -4.47. The van der Waals surface area contributed by atoms with Crippen LogP contribution in [-0.4, -0.2) is 82.8 Å². The zero-order valence-corrected chi connectivity index (χ0v) is 10.7. The Balaban J connectivity index is 0. The molecule has 0 nitrogen and oxygen atoms in total. The molecule has 0 saturated carbocycles. The molecule has 0 unspecified atom stereocenters. The Morgan fingerprint density at radius 2 is 1.00 bits per heavy atom. The molecule has 4 heavy (non-hydrogen) atoms. The number of rotatable bonds is 0. The van der Waals surface area contributed by atoms with Crippen LogP contribution in [0.3, 0.4) is 0 Å². The van der Waals surface area contributed by atoms with E-state index in [1.54, 1.807) is 0 Å². The molecule has 4 heteroatoms. The zero-order chi connectivity index (χ0) is 0. The molecule has 0 aliphatic heterocycles. The van der Waals surface area contributed by atoms with Crippen LogP contribution in [0.1, 0.15) is 0 Å². The summed E-state index contributed by atoms with van der Waals surface area (Å²) in [6.07, 6.45) is 0. The van der Waals surface area contributed by atoms with Gasteiger partial charge in [0.1, 0.15) is 0 Å². The van der Waals surface area contributed by atoms with E-state index in [2.05, 4.69) is 0 Å². The maximum atomic E-state index is 0. The first-order valence-corrected chi connectivity index (χ1v) is 0. The molecule has 0 aromatic heterocycles. The van der Waals surface area contributed by atoms with Gasteiger partial charge in [-0.2, -0.15) is 0 Å². The van der Waals surface area contributed by atoms with E-state index in [9.17, 15) is 0 Å². The molecule has 0 bridgehead atoms. The molecule has 0 aliphatic rings. The molecule has 0 N–H and O–H groups in total. The first kappa shape index (κ1) is 30.1. The van der Waals surface area contributed by atoms with Crippen molar-refractivity contribution in [2.45, 2.75) is 0 Å². The molecular formula is H11GeSbSeTe. The number of hydrogen-bond acceptors (Lipinski definition) is 0. The summed E-state index contributed by atoms with van der Waals surface area (Å²) in [6.45, 7) is 0. The molecule has 32 valence electrons. The van der Waals surface area contributed by atoms with Crippen LogP contribution < -0.4 is 0 Å². The Morgan fingerprint density at radius 3 is 1.00 bits per heavy atom.